The van der Waals surface area contributed by atoms with Crippen molar-refractivity contribution in [1.82, 2.24) is 8.61 Å². The summed E-state index contributed by atoms with van der Waals surface area (Å²) < 4.78 is 40.8. The molecule has 0 spiro atoms. The molecule has 0 aliphatic carbocycles. The first-order chi connectivity index (χ1) is 14.3. The molecule has 2 aromatic rings. The van der Waals surface area contributed by atoms with Gasteiger partial charge in [-0.05, 0) is 37.1 Å². The van der Waals surface area contributed by atoms with E-state index in [1.807, 2.05) is 44.2 Å². The van der Waals surface area contributed by atoms with Gasteiger partial charge in [-0.2, -0.15) is 17.0 Å². The number of hydrogen-bond acceptors (Lipinski definition) is 5. The predicted molar refractivity (Wildman–Crippen MR) is 115 cm³/mol. The monoisotopic (exact) mass is 434 g/mol. The molecule has 7 nitrogen and oxygen atoms in total. The normalized spacial score (nSPS) is 21.5. The molecule has 1 aliphatic rings. The highest BCUT2D eigenvalue weighted by atomic mass is 32.2. The third kappa shape index (κ3) is 5.59. The van der Waals surface area contributed by atoms with Gasteiger partial charge in [0.05, 0.1) is 25.4 Å². The zero-order chi connectivity index (χ0) is 21.7. The third-order valence-electron chi connectivity index (χ3n) is 5.10. The highest BCUT2D eigenvalue weighted by Crippen LogP contribution is 2.25. The fraction of sp³-hybridized carbons (Fsp3) is 0.455. The second kappa shape index (κ2) is 9.89. The highest BCUT2D eigenvalue weighted by molar-refractivity contribution is 7.86. The molecule has 3 atom stereocenters. The Kier molecular flexibility index (Phi) is 7.49. The van der Waals surface area contributed by atoms with E-state index in [1.165, 1.54) is 8.61 Å². The second-order valence-corrected chi connectivity index (χ2v) is 9.58. The van der Waals surface area contributed by atoms with Gasteiger partial charge in [0.25, 0.3) is 10.2 Å². The molecule has 1 saturated heterocycles. The van der Waals surface area contributed by atoms with Crippen molar-refractivity contribution in [3.8, 4) is 5.75 Å². The number of nitrogens with zero attached hydrogens (tertiary/aromatic N) is 2. The Labute approximate surface area is 179 Å². The van der Waals surface area contributed by atoms with E-state index < -0.39 is 16.3 Å². The molecule has 1 N–H and O–H groups in total. The number of aliphatic hydroxyl groups is 1. The SMILES string of the molecule is COc1cccc([C@H](O)CN(Cc2ccccc2)S(=O)(=O)N2C[C@@H](C)O[C@H](C)C2)c1. The third-order valence-corrected chi connectivity index (χ3v) is 6.98. The highest BCUT2D eigenvalue weighted by Gasteiger charge is 2.36. The number of aliphatic hydroxyl groups excluding tert-OH is 1. The van der Waals surface area contributed by atoms with Crippen molar-refractivity contribution in [1.29, 1.82) is 0 Å². The van der Waals surface area contributed by atoms with Crippen LogP contribution in [0.3, 0.4) is 0 Å². The minimum absolute atomic E-state index is 0.0650. The van der Waals surface area contributed by atoms with Gasteiger partial charge in [0.15, 0.2) is 0 Å². The van der Waals surface area contributed by atoms with Gasteiger partial charge in [0, 0.05) is 26.2 Å². The van der Waals surface area contributed by atoms with E-state index >= 15 is 0 Å². The molecule has 0 saturated carbocycles. The van der Waals surface area contributed by atoms with E-state index in [9.17, 15) is 13.5 Å². The van der Waals surface area contributed by atoms with Crippen molar-refractivity contribution in [3.63, 3.8) is 0 Å². The first-order valence-electron chi connectivity index (χ1n) is 10.1. The van der Waals surface area contributed by atoms with Gasteiger partial charge in [0.2, 0.25) is 0 Å². The van der Waals surface area contributed by atoms with E-state index in [-0.39, 0.29) is 38.4 Å². The molecule has 3 rings (SSSR count). The Hall–Kier alpha value is -1.97. The Bertz CT molecular complexity index is 912. The molecule has 0 amide bonds. The van der Waals surface area contributed by atoms with Crippen LogP contribution in [0.15, 0.2) is 54.6 Å². The van der Waals surface area contributed by atoms with Crippen LogP contribution in [0, 0.1) is 0 Å². The summed E-state index contributed by atoms with van der Waals surface area (Å²) in [5.41, 5.74) is 1.46. The van der Waals surface area contributed by atoms with Crippen LogP contribution in [0.4, 0.5) is 0 Å². The lowest BCUT2D eigenvalue weighted by atomic mass is 10.1. The van der Waals surface area contributed by atoms with Gasteiger partial charge in [-0.1, -0.05) is 42.5 Å². The van der Waals surface area contributed by atoms with Crippen molar-refractivity contribution < 1.29 is 23.0 Å². The topological polar surface area (TPSA) is 79.3 Å². The molecule has 1 fully saturated rings. The summed E-state index contributed by atoms with van der Waals surface area (Å²) in [6.07, 6.45) is -1.37. The molecule has 0 radical (unpaired) electrons. The standard InChI is InChI=1S/C22H30N2O5S/c1-17-13-23(14-18(2)29-17)30(26,27)24(15-19-8-5-4-6-9-19)16-22(25)20-10-7-11-21(12-20)28-3/h4-12,17-18,22,25H,13-16H2,1-3H3/t17-,18-,22-/m1/s1. The first kappa shape index (κ1) is 22.7. The maximum absolute atomic E-state index is 13.5. The van der Waals surface area contributed by atoms with E-state index in [0.29, 0.717) is 11.3 Å². The number of benzene rings is 2. The van der Waals surface area contributed by atoms with Gasteiger partial charge in [0.1, 0.15) is 5.75 Å². The molecule has 2 aromatic carbocycles. The van der Waals surface area contributed by atoms with Crippen LogP contribution < -0.4 is 4.74 Å². The van der Waals surface area contributed by atoms with Crippen LogP contribution in [-0.2, 0) is 21.5 Å². The molecule has 164 valence electrons. The fourth-order valence-electron chi connectivity index (χ4n) is 3.66. The summed E-state index contributed by atoms with van der Waals surface area (Å²) in [4.78, 5) is 0. The van der Waals surface area contributed by atoms with Crippen molar-refractivity contribution in [3.05, 3.63) is 65.7 Å². The maximum atomic E-state index is 13.5. The van der Waals surface area contributed by atoms with Crippen LogP contribution >= 0.6 is 0 Å². The molecule has 30 heavy (non-hydrogen) atoms. The molecule has 0 aromatic heterocycles. The summed E-state index contributed by atoms with van der Waals surface area (Å²) in [6.45, 7) is 4.41. The number of rotatable bonds is 8. The molecule has 1 aliphatic heterocycles. The quantitative estimate of drug-likeness (QED) is 0.691. The second-order valence-electron chi connectivity index (χ2n) is 7.65. The van der Waals surface area contributed by atoms with Crippen LogP contribution in [0.1, 0.15) is 31.1 Å². The Morgan fingerprint density at radius 2 is 1.80 bits per heavy atom. The molecular formula is C22H30N2O5S. The van der Waals surface area contributed by atoms with Gasteiger partial charge in [-0.25, -0.2) is 0 Å². The number of morpholine rings is 1. The molecule has 1 heterocycles. The van der Waals surface area contributed by atoms with E-state index in [2.05, 4.69) is 0 Å². The summed E-state index contributed by atoms with van der Waals surface area (Å²) in [5.74, 6) is 0.611. The Morgan fingerprint density at radius 3 is 2.43 bits per heavy atom. The Balaban J connectivity index is 1.87. The lowest BCUT2D eigenvalue weighted by molar-refractivity contribution is -0.0458. The maximum Gasteiger partial charge on any atom is 0.282 e. The van der Waals surface area contributed by atoms with Gasteiger partial charge in [-0.15, -0.1) is 0 Å². The minimum Gasteiger partial charge on any atom is -0.497 e. The number of hydrogen-bond donors (Lipinski definition) is 1. The molecule has 0 bridgehead atoms. The average molecular weight is 435 g/mol. The fourth-order valence-corrected chi connectivity index (χ4v) is 5.42. The average Bonchev–Trinajstić information content (AvgIpc) is 2.73. The largest absolute Gasteiger partial charge is 0.497 e. The van der Waals surface area contributed by atoms with E-state index in [4.69, 9.17) is 9.47 Å². The van der Waals surface area contributed by atoms with Crippen LogP contribution in [0.2, 0.25) is 0 Å². The van der Waals surface area contributed by atoms with Crippen LogP contribution in [-0.4, -0.2) is 61.1 Å². The smallest absolute Gasteiger partial charge is 0.282 e. The van der Waals surface area contributed by atoms with Gasteiger partial charge in [-0.3, -0.25) is 0 Å². The molecular weight excluding hydrogens is 404 g/mol. The predicted octanol–water partition coefficient (Wildman–Crippen LogP) is 2.58. The number of ether oxygens (including phenoxy) is 2. The Morgan fingerprint density at radius 1 is 1.13 bits per heavy atom. The van der Waals surface area contributed by atoms with Crippen molar-refractivity contribution in [2.24, 2.45) is 0 Å². The lowest BCUT2D eigenvalue weighted by Gasteiger charge is -2.38. The lowest BCUT2D eigenvalue weighted by Crippen LogP contribution is -2.53. The zero-order valence-electron chi connectivity index (χ0n) is 17.6. The summed E-state index contributed by atoms with van der Waals surface area (Å²) in [5, 5.41) is 10.8. The van der Waals surface area contributed by atoms with Crippen LogP contribution in [0.25, 0.3) is 0 Å². The van der Waals surface area contributed by atoms with Crippen molar-refractivity contribution >= 4 is 10.2 Å². The summed E-state index contributed by atoms with van der Waals surface area (Å²) >= 11 is 0. The van der Waals surface area contributed by atoms with Gasteiger partial charge >= 0.3 is 0 Å². The van der Waals surface area contributed by atoms with Crippen LogP contribution in [0.5, 0.6) is 5.75 Å². The summed E-state index contributed by atoms with van der Waals surface area (Å²) in [7, 11) is -2.26. The van der Waals surface area contributed by atoms with E-state index in [0.717, 1.165) is 5.56 Å². The van der Waals surface area contributed by atoms with Gasteiger partial charge < -0.3 is 14.6 Å². The minimum atomic E-state index is -3.81. The number of methoxy groups -OCH3 is 1. The first-order valence-corrected chi connectivity index (χ1v) is 11.5. The van der Waals surface area contributed by atoms with Crippen molar-refractivity contribution in [2.75, 3.05) is 26.7 Å². The van der Waals surface area contributed by atoms with E-state index in [1.54, 1.807) is 31.4 Å². The molecule has 8 heteroatoms. The van der Waals surface area contributed by atoms with Crippen molar-refractivity contribution in [2.45, 2.75) is 38.7 Å². The molecule has 0 unspecified atom stereocenters. The summed E-state index contributed by atoms with van der Waals surface area (Å²) in [6, 6.07) is 16.4. The zero-order valence-corrected chi connectivity index (χ0v) is 18.5.